The van der Waals surface area contributed by atoms with Crippen molar-refractivity contribution in [3.63, 3.8) is 0 Å². The summed E-state index contributed by atoms with van der Waals surface area (Å²) in [7, 11) is 1.28. The summed E-state index contributed by atoms with van der Waals surface area (Å²) in [5, 5.41) is 12.9. The summed E-state index contributed by atoms with van der Waals surface area (Å²) >= 11 is 0. The highest BCUT2D eigenvalue weighted by molar-refractivity contribution is 5.81. The monoisotopic (exact) mass is 412 g/mol. The van der Waals surface area contributed by atoms with Gasteiger partial charge < -0.3 is 15.2 Å². The lowest BCUT2D eigenvalue weighted by molar-refractivity contribution is -0.141. The number of ether oxygens (including phenoxy) is 1. The number of aliphatic hydroxyl groups excluding tert-OH is 1. The van der Waals surface area contributed by atoms with Gasteiger partial charge in [0.15, 0.2) is 6.10 Å². The summed E-state index contributed by atoms with van der Waals surface area (Å²) in [6, 6.07) is 15.4. The minimum atomic E-state index is -1.43. The van der Waals surface area contributed by atoms with Gasteiger partial charge in [0.25, 0.3) is 5.91 Å². The lowest BCUT2D eigenvalue weighted by Crippen LogP contribution is -2.50. The van der Waals surface area contributed by atoms with Gasteiger partial charge in [-0.25, -0.2) is 10.3 Å². The third-order valence-corrected chi connectivity index (χ3v) is 5.37. The summed E-state index contributed by atoms with van der Waals surface area (Å²) in [6.07, 6.45) is -0.0502. The number of hydroxylamine groups is 1. The van der Waals surface area contributed by atoms with Crippen LogP contribution in [-0.4, -0.2) is 43.0 Å². The Hall–Kier alpha value is -2.90. The predicted octanol–water partition coefficient (Wildman–Crippen LogP) is 3.12. The Balaban J connectivity index is 1.66. The molecule has 0 fully saturated rings. The van der Waals surface area contributed by atoms with E-state index in [1.165, 1.54) is 7.11 Å². The topological polar surface area (TPSA) is 96.9 Å². The molecule has 7 heteroatoms. The van der Waals surface area contributed by atoms with E-state index < -0.39 is 24.1 Å². The minimum absolute atomic E-state index is 0.0565. The Labute approximate surface area is 176 Å². The summed E-state index contributed by atoms with van der Waals surface area (Å²) in [5.41, 5.74) is 6.63. The van der Waals surface area contributed by atoms with Crippen molar-refractivity contribution >= 4 is 12.0 Å². The zero-order chi connectivity index (χ0) is 21.5. The van der Waals surface area contributed by atoms with Crippen LogP contribution < -0.4 is 10.8 Å². The fourth-order valence-corrected chi connectivity index (χ4v) is 3.87. The maximum atomic E-state index is 12.5. The molecule has 0 saturated carbocycles. The third kappa shape index (κ3) is 4.80. The Kier molecular flexibility index (Phi) is 7.43. The molecule has 0 saturated heterocycles. The molecular weight excluding hydrogens is 384 g/mol. The van der Waals surface area contributed by atoms with E-state index in [4.69, 9.17) is 4.74 Å². The van der Waals surface area contributed by atoms with Crippen molar-refractivity contribution in [1.29, 1.82) is 0 Å². The first-order valence-corrected chi connectivity index (χ1v) is 10.2. The van der Waals surface area contributed by atoms with Gasteiger partial charge >= 0.3 is 6.09 Å². The summed E-state index contributed by atoms with van der Waals surface area (Å²) in [4.78, 5) is 28.9. The van der Waals surface area contributed by atoms with E-state index in [0.717, 1.165) is 35.1 Å². The van der Waals surface area contributed by atoms with Crippen LogP contribution in [0.3, 0.4) is 0 Å². The molecule has 7 nitrogen and oxygen atoms in total. The summed E-state index contributed by atoms with van der Waals surface area (Å²) in [5.74, 6) is -0.767. The molecule has 0 spiro atoms. The van der Waals surface area contributed by atoms with Crippen LogP contribution in [0, 0.1) is 0 Å². The van der Waals surface area contributed by atoms with E-state index in [2.05, 4.69) is 27.8 Å². The molecule has 3 N–H and O–H groups in total. The van der Waals surface area contributed by atoms with E-state index in [-0.39, 0.29) is 12.5 Å². The number of carbonyl (C=O) groups excluding carboxylic acids is 2. The van der Waals surface area contributed by atoms with Crippen molar-refractivity contribution in [2.24, 2.45) is 0 Å². The molecule has 2 atom stereocenters. The van der Waals surface area contributed by atoms with E-state index >= 15 is 0 Å². The SMILES string of the molecule is CCCCC(NC(=O)OCC1c2ccccc2-c2ccccc21)C(O)C(=O)NOC. The highest BCUT2D eigenvalue weighted by atomic mass is 16.6. The molecule has 2 amide bonds. The van der Waals surface area contributed by atoms with Crippen LogP contribution in [-0.2, 0) is 14.4 Å². The van der Waals surface area contributed by atoms with Gasteiger partial charge in [0.05, 0.1) is 13.2 Å². The normalized spacial score (nSPS) is 14.4. The van der Waals surface area contributed by atoms with Crippen molar-refractivity contribution in [3.05, 3.63) is 59.7 Å². The van der Waals surface area contributed by atoms with Gasteiger partial charge in [-0.3, -0.25) is 9.63 Å². The van der Waals surface area contributed by atoms with Crippen molar-refractivity contribution < 1.29 is 24.3 Å². The molecule has 0 aromatic heterocycles. The first-order valence-electron chi connectivity index (χ1n) is 10.2. The molecule has 0 bridgehead atoms. The zero-order valence-corrected chi connectivity index (χ0v) is 17.3. The standard InChI is InChI=1S/C23H28N2O5/c1-3-4-13-20(21(26)22(27)25-29-2)24-23(28)30-14-19-17-11-7-5-9-15(17)16-10-6-8-12-18(16)19/h5-12,19-21,26H,3-4,13-14H2,1-2H3,(H,24,28)(H,25,27). The molecule has 160 valence electrons. The lowest BCUT2D eigenvalue weighted by atomic mass is 9.98. The van der Waals surface area contributed by atoms with Gasteiger partial charge in [-0.2, -0.15) is 0 Å². The molecule has 3 rings (SSSR count). The highest BCUT2D eigenvalue weighted by Gasteiger charge is 2.31. The highest BCUT2D eigenvalue weighted by Crippen LogP contribution is 2.44. The minimum Gasteiger partial charge on any atom is -0.449 e. The Morgan fingerprint density at radius 2 is 1.67 bits per heavy atom. The second-order valence-electron chi connectivity index (χ2n) is 7.33. The molecule has 2 aromatic rings. The number of rotatable bonds is 9. The summed E-state index contributed by atoms with van der Waals surface area (Å²) < 4.78 is 5.52. The number of alkyl carbamates (subject to hydrolysis) is 1. The van der Waals surface area contributed by atoms with E-state index in [1.54, 1.807) is 0 Å². The van der Waals surface area contributed by atoms with E-state index in [9.17, 15) is 14.7 Å². The fraction of sp³-hybridized carbons (Fsp3) is 0.391. The van der Waals surface area contributed by atoms with Crippen molar-refractivity contribution in [2.75, 3.05) is 13.7 Å². The maximum absolute atomic E-state index is 12.5. The van der Waals surface area contributed by atoms with Crippen LogP contribution in [0.4, 0.5) is 4.79 Å². The number of hydrogen-bond acceptors (Lipinski definition) is 5. The molecule has 30 heavy (non-hydrogen) atoms. The molecule has 0 radical (unpaired) electrons. The van der Waals surface area contributed by atoms with Crippen LogP contribution in [0.5, 0.6) is 0 Å². The Morgan fingerprint density at radius 3 is 2.23 bits per heavy atom. The van der Waals surface area contributed by atoms with Crippen LogP contribution in [0.25, 0.3) is 11.1 Å². The number of benzene rings is 2. The first-order chi connectivity index (χ1) is 14.6. The van der Waals surface area contributed by atoms with Crippen LogP contribution in [0.15, 0.2) is 48.5 Å². The average Bonchev–Trinajstić information content (AvgIpc) is 3.08. The molecule has 1 aliphatic carbocycles. The maximum Gasteiger partial charge on any atom is 0.407 e. The van der Waals surface area contributed by atoms with Crippen molar-refractivity contribution in [2.45, 2.75) is 44.2 Å². The number of aliphatic hydroxyl groups is 1. The van der Waals surface area contributed by atoms with Gasteiger partial charge in [-0.05, 0) is 28.7 Å². The number of nitrogens with one attached hydrogen (secondary N) is 2. The largest absolute Gasteiger partial charge is 0.449 e. The first kappa shape index (κ1) is 21.8. The molecule has 0 heterocycles. The molecule has 0 aliphatic heterocycles. The number of carbonyl (C=O) groups is 2. The molecule has 1 aliphatic rings. The van der Waals surface area contributed by atoms with Crippen molar-refractivity contribution in [1.82, 2.24) is 10.8 Å². The quantitative estimate of drug-likeness (QED) is 0.550. The second kappa shape index (κ2) is 10.2. The second-order valence-corrected chi connectivity index (χ2v) is 7.33. The van der Waals surface area contributed by atoms with Gasteiger partial charge in [0, 0.05) is 5.92 Å². The van der Waals surface area contributed by atoms with Gasteiger partial charge in [0.1, 0.15) is 6.61 Å². The van der Waals surface area contributed by atoms with Crippen molar-refractivity contribution in [3.8, 4) is 11.1 Å². The predicted molar refractivity (Wildman–Crippen MR) is 113 cm³/mol. The number of unbranched alkanes of at least 4 members (excludes halogenated alkanes) is 1. The average molecular weight is 412 g/mol. The van der Waals surface area contributed by atoms with E-state index in [1.807, 2.05) is 43.3 Å². The molecule has 2 unspecified atom stereocenters. The Bertz CT molecular complexity index is 840. The molecular formula is C23H28N2O5. The van der Waals surface area contributed by atoms with Gasteiger partial charge in [0.2, 0.25) is 0 Å². The third-order valence-electron chi connectivity index (χ3n) is 5.37. The van der Waals surface area contributed by atoms with Crippen LogP contribution >= 0.6 is 0 Å². The lowest BCUT2D eigenvalue weighted by Gasteiger charge is -2.23. The van der Waals surface area contributed by atoms with E-state index in [0.29, 0.717) is 6.42 Å². The number of fused-ring (bicyclic) bond motifs is 3. The molecule has 2 aromatic carbocycles. The number of hydrogen-bond donors (Lipinski definition) is 3. The van der Waals surface area contributed by atoms with Gasteiger partial charge in [-0.1, -0.05) is 68.3 Å². The summed E-state index contributed by atoms with van der Waals surface area (Å²) in [6.45, 7) is 2.16. The Morgan fingerprint density at radius 1 is 1.07 bits per heavy atom. The van der Waals surface area contributed by atoms with Gasteiger partial charge in [-0.15, -0.1) is 0 Å². The smallest absolute Gasteiger partial charge is 0.407 e. The zero-order valence-electron chi connectivity index (χ0n) is 17.3. The van der Waals surface area contributed by atoms with Crippen LogP contribution in [0.2, 0.25) is 0 Å². The number of amides is 2. The fourth-order valence-electron chi connectivity index (χ4n) is 3.87. The van der Waals surface area contributed by atoms with Crippen LogP contribution in [0.1, 0.15) is 43.2 Å².